The van der Waals surface area contributed by atoms with Crippen LogP contribution >= 0.6 is 0 Å². The molecule has 0 bridgehead atoms. The van der Waals surface area contributed by atoms with Gasteiger partial charge in [0.2, 0.25) is 0 Å². The molecular formula is C25H24N2O. The maximum absolute atomic E-state index is 9.82. The van der Waals surface area contributed by atoms with Crippen molar-refractivity contribution in [3.05, 3.63) is 126 Å². The molecule has 0 amide bonds. The molecule has 1 atom stereocenters. The van der Waals surface area contributed by atoms with Crippen LogP contribution < -0.4 is 0 Å². The average molecular weight is 368 g/mol. The lowest BCUT2D eigenvalue weighted by atomic mass is 9.77. The quantitative estimate of drug-likeness (QED) is 0.503. The summed E-state index contributed by atoms with van der Waals surface area (Å²) in [6, 6.07) is 31.5. The number of aliphatic hydroxyl groups excluding tert-OH is 1. The van der Waals surface area contributed by atoms with Gasteiger partial charge in [-0.2, -0.15) is 0 Å². The normalized spacial score (nSPS) is 12.6. The number of aromatic nitrogens is 2. The minimum absolute atomic E-state index is 0.428. The van der Waals surface area contributed by atoms with Gasteiger partial charge in [-0.1, -0.05) is 91.0 Å². The molecule has 1 heterocycles. The Kier molecular flexibility index (Phi) is 5.09. The van der Waals surface area contributed by atoms with E-state index in [-0.39, 0.29) is 0 Å². The maximum Gasteiger partial charge on any atom is 0.121 e. The molecule has 3 nitrogen and oxygen atoms in total. The van der Waals surface area contributed by atoms with Crippen molar-refractivity contribution in [2.24, 2.45) is 0 Å². The van der Waals surface area contributed by atoms with Crippen LogP contribution in [0.3, 0.4) is 0 Å². The third kappa shape index (κ3) is 3.25. The molecule has 4 rings (SSSR count). The first-order valence-electron chi connectivity index (χ1n) is 9.59. The molecule has 1 unspecified atom stereocenters. The first kappa shape index (κ1) is 18.2. The Morgan fingerprint density at radius 2 is 1.21 bits per heavy atom. The summed E-state index contributed by atoms with van der Waals surface area (Å²) in [5.41, 5.74) is 3.81. The van der Waals surface area contributed by atoms with Crippen molar-refractivity contribution in [3.8, 4) is 0 Å². The van der Waals surface area contributed by atoms with Crippen LogP contribution in [0.4, 0.5) is 0 Å². The van der Waals surface area contributed by atoms with Crippen LogP contribution in [0, 0.1) is 0 Å². The lowest BCUT2D eigenvalue weighted by Gasteiger charge is -2.37. The first-order valence-corrected chi connectivity index (χ1v) is 9.59. The van der Waals surface area contributed by atoms with Crippen molar-refractivity contribution in [1.29, 1.82) is 0 Å². The molecule has 0 spiro atoms. The van der Waals surface area contributed by atoms with Crippen LogP contribution in [-0.2, 0) is 12.0 Å². The second-order valence-electron chi connectivity index (χ2n) is 7.13. The summed E-state index contributed by atoms with van der Waals surface area (Å²) in [5, 5.41) is 9.82. The summed E-state index contributed by atoms with van der Waals surface area (Å²) >= 11 is 0. The van der Waals surface area contributed by atoms with Crippen LogP contribution in [0.5, 0.6) is 0 Å². The molecule has 1 aromatic heterocycles. The number of imidazole rings is 1. The zero-order valence-electron chi connectivity index (χ0n) is 15.9. The Balaban J connectivity index is 2.03. The van der Waals surface area contributed by atoms with Crippen LogP contribution in [0.15, 0.2) is 104 Å². The van der Waals surface area contributed by atoms with Gasteiger partial charge >= 0.3 is 0 Å². The number of aliphatic hydroxyl groups is 1. The van der Waals surface area contributed by atoms with E-state index in [1.807, 2.05) is 24.5 Å². The van der Waals surface area contributed by atoms with Crippen LogP contribution in [0.25, 0.3) is 0 Å². The molecule has 140 valence electrons. The summed E-state index contributed by atoms with van der Waals surface area (Å²) in [6.07, 6.45) is 4.04. The minimum Gasteiger partial charge on any atom is -0.393 e. The van der Waals surface area contributed by atoms with E-state index in [1.165, 1.54) is 0 Å². The van der Waals surface area contributed by atoms with E-state index in [0.29, 0.717) is 6.42 Å². The van der Waals surface area contributed by atoms with Crippen LogP contribution in [0.2, 0.25) is 0 Å². The molecule has 0 saturated carbocycles. The van der Waals surface area contributed by atoms with Crippen LogP contribution in [0.1, 0.15) is 29.3 Å². The van der Waals surface area contributed by atoms with E-state index in [4.69, 9.17) is 0 Å². The van der Waals surface area contributed by atoms with E-state index < -0.39 is 11.6 Å². The summed E-state index contributed by atoms with van der Waals surface area (Å²) in [6.45, 7) is 1.79. The Hall–Kier alpha value is -3.17. The molecule has 0 radical (unpaired) electrons. The Bertz CT molecular complexity index is 911. The Morgan fingerprint density at radius 1 is 0.786 bits per heavy atom. The van der Waals surface area contributed by atoms with Crippen molar-refractivity contribution >= 4 is 0 Å². The van der Waals surface area contributed by atoms with E-state index in [1.54, 1.807) is 6.92 Å². The van der Waals surface area contributed by atoms with Gasteiger partial charge in [-0.3, -0.25) is 0 Å². The second-order valence-corrected chi connectivity index (χ2v) is 7.13. The molecule has 28 heavy (non-hydrogen) atoms. The second kappa shape index (κ2) is 7.83. The average Bonchev–Trinajstić information content (AvgIpc) is 3.19. The fourth-order valence-electron chi connectivity index (χ4n) is 3.94. The fraction of sp³-hybridized carbons (Fsp3) is 0.160. The summed E-state index contributed by atoms with van der Waals surface area (Å²) in [7, 11) is 0. The highest BCUT2D eigenvalue weighted by molar-refractivity contribution is 5.50. The van der Waals surface area contributed by atoms with Crippen molar-refractivity contribution in [2.45, 2.75) is 25.0 Å². The molecule has 0 aliphatic carbocycles. The van der Waals surface area contributed by atoms with Gasteiger partial charge < -0.3 is 9.67 Å². The highest BCUT2D eigenvalue weighted by Gasteiger charge is 2.38. The van der Waals surface area contributed by atoms with E-state index in [9.17, 15) is 5.11 Å². The van der Waals surface area contributed by atoms with Crippen molar-refractivity contribution < 1.29 is 5.11 Å². The lowest BCUT2D eigenvalue weighted by Crippen LogP contribution is -2.36. The molecule has 4 aromatic rings. The molecule has 1 N–H and O–H groups in total. The maximum atomic E-state index is 9.82. The molecule has 0 aliphatic rings. The van der Waals surface area contributed by atoms with E-state index in [2.05, 4.69) is 88.5 Å². The Morgan fingerprint density at radius 3 is 1.61 bits per heavy atom. The highest BCUT2D eigenvalue weighted by Crippen LogP contribution is 2.40. The van der Waals surface area contributed by atoms with Gasteiger partial charge in [0, 0.05) is 12.6 Å². The topological polar surface area (TPSA) is 38.0 Å². The largest absolute Gasteiger partial charge is 0.393 e. The highest BCUT2D eigenvalue weighted by atomic mass is 16.3. The molecule has 0 fully saturated rings. The minimum atomic E-state index is -0.548. The van der Waals surface area contributed by atoms with Crippen molar-refractivity contribution in [3.63, 3.8) is 0 Å². The SMILES string of the molecule is CC(O)Cc1cn(C(c2ccccc2)(c2ccccc2)c2ccccc2)cn1. The Labute approximate surface area is 165 Å². The van der Waals surface area contributed by atoms with Gasteiger partial charge in [0.25, 0.3) is 0 Å². The summed E-state index contributed by atoms with van der Waals surface area (Å²) in [5.74, 6) is 0. The van der Waals surface area contributed by atoms with E-state index >= 15 is 0 Å². The van der Waals surface area contributed by atoms with Crippen molar-refractivity contribution in [1.82, 2.24) is 9.55 Å². The van der Waals surface area contributed by atoms with Gasteiger partial charge in [-0.25, -0.2) is 4.98 Å². The van der Waals surface area contributed by atoms with Gasteiger partial charge in [0.15, 0.2) is 0 Å². The summed E-state index contributed by atoms with van der Waals surface area (Å²) < 4.78 is 2.17. The molecular weight excluding hydrogens is 344 g/mol. The number of rotatable bonds is 6. The standard InChI is InChI=1S/C25H24N2O/c1-20(28)17-24-18-27(19-26-24)25(21-11-5-2-6-12-21,22-13-7-3-8-14-22)23-15-9-4-10-16-23/h2-16,18-20,28H,17H2,1H3. The molecule has 3 aromatic carbocycles. The molecule has 0 aliphatic heterocycles. The molecule has 0 saturated heterocycles. The lowest BCUT2D eigenvalue weighted by molar-refractivity contribution is 0.194. The number of hydrogen-bond acceptors (Lipinski definition) is 2. The zero-order valence-corrected chi connectivity index (χ0v) is 15.9. The number of benzene rings is 3. The smallest absolute Gasteiger partial charge is 0.121 e. The summed E-state index contributed by atoms with van der Waals surface area (Å²) in [4.78, 5) is 4.60. The van der Waals surface area contributed by atoms with Gasteiger partial charge in [-0.05, 0) is 23.6 Å². The zero-order chi connectivity index (χ0) is 19.4. The molecule has 3 heteroatoms. The predicted molar refractivity (Wildman–Crippen MR) is 112 cm³/mol. The fourth-order valence-corrected chi connectivity index (χ4v) is 3.94. The number of nitrogens with zero attached hydrogens (tertiary/aromatic N) is 2. The van der Waals surface area contributed by atoms with Gasteiger partial charge in [-0.15, -0.1) is 0 Å². The predicted octanol–water partition coefficient (Wildman–Crippen LogP) is 4.65. The van der Waals surface area contributed by atoms with E-state index in [0.717, 1.165) is 22.4 Å². The first-order chi connectivity index (χ1) is 13.7. The third-order valence-electron chi connectivity index (χ3n) is 5.10. The number of hydrogen-bond donors (Lipinski definition) is 1. The van der Waals surface area contributed by atoms with Gasteiger partial charge in [0.05, 0.1) is 18.1 Å². The van der Waals surface area contributed by atoms with Crippen molar-refractivity contribution in [2.75, 3.05) is 0 Å². The van der Waals surface area contributed by atoms with Gasteiger partial charge in [0.1, 0.15) is 5.54 Å². The van der Waals surface area contributed by atoms with Crippen LogP contribution in [-0.4, -0.2) is 20.8 Å². The monoisotopic (exact) mass is 368 g/mol. The third-order valence-corrected chi connectivity index (χ3v) is 5.10.